The lowest BCUT2D eigenvalue weighted by molar-refractivity contribution is 0.547. The predicted molar refractivity (Wildman–Crippen MR) is 66.7 cm³/mol. The van der Waals surface area contributed by atoms with Gasteiger partial charge in [-0.25, -0.2) is 4.99 Å². The molecule has 0 aromatic heterocycles. The average Bonchev–Trinajstić information content (AvgIpc) is 2.44. The van der Waals surface area contributed by atoms with E-state index >= 15 is 0 Å². The van der Waals surface area contributed by atoms with Gasteiger partial charge < -0.3 is 4.90 Å². The van der Waals surface area contributed by atoms with E-state index in [1.54, 1.807) is 0 Å². The Hall–Kier alpha value is -0.860. The number of likely N-dealkylation sites (N-methyl/N-ethyl adjacent to an activating group) is 1. The molecule has 1 aliphatic rings. The van der Waals surface area contributed by atoms with Crippen LogP contribution in [0.3, 0.4) is 0 Å². The van der Waals surface area contributed by atoms with Crippen molar-refractivity contribution in [2.75, 3.05) is 14.1 Å². The second kappa shape index (κ2) is 4.33. The molecule has 3 nitrogen and oxygen atoms in total. The summed E-state index contributed by atoms with van der Waals surface area (Å²) in [6.45, 7) is 8.65. The fourth-order valence-electron chi connectivity index (χ4n) is 2.09. The Balaban J connectivity index is 2.96. The topological polar surface area (TPSA) is 28.0 Å². The van der Waals surface area contributed by atoms with Crippen LogP contribution in [-0.4, -0.2) is 36.2 Å². The van der Waals surface area contributed by atoms with Gasteiger partial charge in [-0.05, 0) is 26.7 Å². The second-order valence-corrected chi connectivity index (χ2v) is 4.87. The SMILES string of the molecule is CCC(CC)C1=NC(C)(C)C(N(C)C)=N1. The minimum absolute atomic E-state index is 0.151. The molecule has 1 aliphatic heterocycles. The highest BCUT2D eigenvalue weighted by Crippen LogP contribution is 2.25. The Morgan fingerprint density at radius 2 is 1.73 bits per heavy atom. The number of amidine groups is 2. The molecule has 0 radical (unpaired) electrons. The van der Waals surface area contributed by atoms with E-state index in [-0.39, 0.29) is 5.54 Å². The molecule has 1 rings (SSSR count). The van der Waals surface area contributed by atoms with Crippen molar-refractivity contribution in [1.29, 1.82) is 0 Å². The van der Waals surface area contributed by atoms with Gasteiger partial charge in [-0.2, -0.15) is 0 Å². The number of rotatable bonds is 3. The summed E-state index contributed by atoms with van der Waals surface area (Å²) in [5.74, 6) is 2.62. The Morgan fingerprint density at radius 1 is 1.20 bits per heavy atom. The third-order valence-electron chi connectivity index (χ3n) is 2.94. The molecule has 0 aromatic rings. The molecule has 1 heterocycles. The molecule has 0 aromatic carbocycles. The lowest BCUT2D eigenvalue weighted by atomic mass is 10.0. The Morgan fingerprint density at radius 3 is 2.07 bits per heavy atom. The van der Waals surface area contributed by atoms with Gasteiger partial charge in [0.25, 0.3) is 0 Å². The van der Waals surface area contributed by atoms with E-state index in [0.29, 0.717) is 5.92 Å². The zero-order valence-corrected chi connectivity index (χ0v) is 10.8. The van der Waals surface area contributed by atoms with Crippen molar-refractivity contribution in [1.82, 2.24) is 4.90 Å². The first-order chi connectivity index (χ1) is 6.92. The predicted octanol–water partition coefficient (Wildman–Crippen LogP) is 2.57. The lowest BCUT2D eigenvalue weighted by Gasteiger charge is -2.23. The quantitative estimate of drug-likeness (QED) is 0.702. The van der Waals surface area contributed by atoms with E-state index in [2.05, 4.69) is 37.6 Å². The van der Waals surface area contributed by atoms with Gasteiger partial charge in [-0.15, -0.1) is 0 Å². The first-order valence-electron chi connectivity index (χ1n) is 5.78. The highest BCUT2D eigenvalue weighted by molar-refractivity contribution is 6.07. The number of nitrogens with zero attached hydrogens (tertiary/aromatic N) is 3. The first kappa shape index (κ1) is 12.2. The van der Waals surface area contributed by atoms with Crippen molar-refractivity contribution in [3.05, 3.63) is 0 Å². The van der Waals surface area contributed by atoms with Gasteiger partial charge in [0.05, 0.1) is 0 Å². The van der Waals surface area contributed by atoms with Crippen LogP contribution in [0, 0.1) is 5.92 Å². The standard InChI is InChI=1S/C12H23N3/c1-7-9(8-2)10-13-11(15(5)6)12(3,4)14-10/h9H,7-8H2,1-6H3. The molecule has 86 valence electrons. The minimum Gasteiger partial charge on any atom is -0.364 e. The van der Waals surface area contributed by atoms with E-state index in [4.69, 9.17) is 4.99 Å². The summed E-state index contributed by atoms with van der Waals surface area (Å²) in [5, 5.41) is 0. The summed E-state index contributed by atoms with van der Waals surface area (Å²) in [6.07, 6.45) is 2.24. The van der Waals surface area contributed by atoms with E-state index in [9.17, 15) is 0 Å². The fraction of sp³-hybridized carbons (Fsp3) is 0.833. The van der Waals surface area contributed by atoms with Crippen molar-refractivity contribution in [2.24, 2.45) is 15.9 Å². The van der Waals surface area contributed by atoms with Gasteiger partial charge in [0.15, 0.2) is 0 Å². The van der Waals surface area contributed by atoms with Gasteiger partial charge >= 0.3 is 0 Å². The number of aliphatic imine (C=N–C) groups is 2. The van der Waals surface area contributed by atoms with E-state index in [0.717, 1.165) is 24.5 Å². The van der Waals surface area contributed by atoms with Crippen LogP contribution in [-0.2, 0) is 0 Å². The smallest absolute Gasteiger partial charge is 0.133 e. The lowest BCUT2D eigenvalue weighted by Crippen LogP contribution is -2.37. The summed E-state index contributed by atoms with van der Waals surface area (Å²) in [5.41, 5.74) is -0.151. The fourth-order valence-corrected chi connectivity index (χ4v) is 2.09. The summed E-state index contributed by atoms with van der Waals surface area (Å²) in [7, 11) is 4.07. The third-order valence-corrected chi connectivity index (χ3v) is 2.94. The van der Waals surface area contributed by atoms with Crippen molar-refractivity contribution >= 4 is 11.7 Å². The van der Waals surface area contributed by atoms with Gasteiger partial charge in [0.2, 0.25) is 0 Å². The normalized spacial score (nSPS) is 19.1. The molecule has 15 heavy (non-hydrogen) atoms. The molecule has 0 saturated carbocycles. The molecule has 0 spiro atoms. The average molecular weight is 209 g/mol. The largest absolute Gasteiger partial charge is 0.364 e. The van der Waals surface area contributed by atoms with Gasteiger partial charge in [0.1, 0.15) is 17.2 Å². The molecule has 0 N–H and O–H groups in total. The minimum atomic E-state index is -0.151. The molecule has 0 unspecified atom stereocenters. The molecule has 0 aliphatic carbocycles. The Bertz CT molecular complexity index is 283. The van der Waals surface area contributed by atoms with E-state index in [1.165, 1.54) is 0 Å². The number of hydrogen-bond acceptors (Lipinski definition) is 3. The van der Waals surface area contributed by atoms with Gasteiger partial charge in [0, 0.05) is 20.0 Å². The zero-order chi connectivity index (χ0) is 11.6. The first-order valence-corrected chi connectivity index (χ1v) is 5.78. The monoisotopic (exact) mass is 209 g/mol. The molecular formula is C12H23N3. The third kappa shape index (κ3) is 2.39. The van der Waals surface area contributed by atoms with Crippen molar-refractivity contribution in [2.45, 2.75) is 46.1 Å². The molecule has 0 bridgehead atoms. The molecule has 0 fully saturated rings. The maximum atomic E-state index is 4.74. The van der Waals surface area contributed by atoms with Crippen LogP contribution in [0.4, 0.5) is 0 Å². The molecule has 0 amide bonds. The maximum Gasteiger partial charge on any atom is 0.133 e. The summed E-state index contributed by atoms with van der Waals surface area (Å²) >= 11 is 0. The number of hydrogen-bond donors (Lipinski definition) is 0. The maximum absolute atomic E-state index is 4.74. The van der Waals surface area contributed by atoms with Crippen molar-refractivity contribution < 1.29 is 0 Å². The van der Waals surface area contributed by atoms with E-state index < -0.39 is 0 Å². The van der Waals surface area contributed by atoms with Gasteiger partial charge in [-0.3, -0.25) is 4.99 Å². The van der Waals surface area contributed by atoms with Crippen LogP contribution in [0.1, 0.15) is 40.5 Å². The Labute approximate surface area is 93.3 Å². The highest BCUT2D eigenvalue weighted by atomic mass is 15.2. The van der Waals surface area contributed by atoms with Crippen LogP contribution < -0.4 is 0 Å². The molecular weight excluding hydrogens is 186 g/mol. The van der Waals surface area contributed by atoms with E-state index in [1.807, 2.05) is 14.1 Å². The van der Waals surface area contributed by atoms with Crippen LogP contribution in [0.25, 0.3) is 0 Å². The van der Waals surface area contributed by atoms with Crippen LogP contribution in [0.15, 0.2) is 9.98 Å². The van der Waals surface area contributed by atoms with Crippen molar-refractivity contribution in [3.63, 3.8) is 0 Å². The Kier molecular flexibility index (Phi) is 3.53. The zero-order valence-electron chi connectivity index (χ0n) is 10.8. The summed E-state index contributed by atoms with van der Waals surface area (Å²) in [4.78, 5) is 11.5. The second-order valence-electron chi connectivity index (χ2n) is 4.87. The molecule has 3 heteroatoms. The van der Waals surface area contributed by atoms with Crippen LogP contribution >= 0.6 is 0 Å². The summed E-state index contributed by atoms with van der Waals surface area (Å²) < 4.78 is 0. The van der Waals surface area contributed by atoms with Crippen LogP contribution in [0.5, 0.6) is 0 Å². The van der Waals surface area contributed by atoms with Crippen molar-refractivity contribution in [3.8, 4) is 0 Å². The highest BCUT2D eigenvalue weighted by Gasteiger charge is 2.33. The molecule has 0 atom stereocenters. The molecule has 0 saturated heterocycles. The van der Waals surface area contributed by atoms with Gasteiger partial charge in [-0.1, -0.05) is 13.8 Å². The van der Waals surface area contributed by atoms with Crippen LogP contribution in [0.2, 0.25) is 0 Å². The summed E-state index contributed by atoms with van der Waals surface area (Å²) in [6, 6.07) is 0.